The molecule has 0 aromatic rings. The summed E-state index contributed by atoms with van der Waals surface area (Å²) in [5, 5.41) is 21.0. The first kappa shape index (κ1) is 25.5. The van der Waals surface area contributed by atoms with Gasteiger partial charge in [0, 0.05) is 13.1 Å². The van der Waals surface area contributed by atoms with Crippen LogP contribution in [0.15, 0.2) is 0 Å². The molecule has 2 saturated heterocycles. The fourth-order valence-corrected chi connectivity index (χ4v) is 4.26. The molecule has 12 nitrogen and oxygen atoms in total. The van der Waals surface area contributed by atoms with E-state index in [1.165, 1.54) is 9.80 Å². The van der Waals surface area contributed by atoms with Crippen LogP contribution >= 0.6 is 0 Å². The van der Waals surface area contributed by atoms with Crippen LogP contribution in [0.25, 0.3) is 0 Å². The minimum absolute atomic E-state index is 0.218. The number of nitrogens with one attached hydrogen (secondary N) is 1. The molecule has 2 fully saturated rings. The number of likely N-dealkylation sites (tertiary alicyclic amines) is 2. The SMILES string of the molecule is NCCCCC(N)C(=O)NC(CC(=O)O)C(=O)N1CCCC1C(=O)N1CCCC1C(=O)O. The van der Waals surface area contributed by atoms with Crippen LogP contribution in [-0.4, -0.2) is 93.5 Å². The van der Waals surface area contributed by atoms with Gasteiger partial charge in [0.1, 0.15) is 18.1 Å². The van der Waals surface area contributed by atoms with Gasteiger partial charge in [-0.2, -0.15) is 0 Å². The zero-order valence-electron chi connectivity index (χ0n) is 18.1. The van der Waals surface area contributed by atoms with Crippen molar-refractivity contribution in [2.75, 3.05) is 19.6 Å². The smallest absolute Gasteiger partial charge is 0.326 e. The van der Waals surface area contributed by atoms with Crippen molar-refractivity contribution in [3.8, 4) is 0 Å². The number of aliphatic carboxylic acids is 2. The van der Waals surface area contributed by atoms with Crippen LogP contribution in [0.5, 0.6) is 0 Å². The van der Waals surface area contributed by atoms with Gasteiger partial charge in [-0.15, -0.1) is 0 Å². The summed E-state index contributed by atoms with van der Waals surface area (Å²) in [6.07, 6.45) is 2.76. The van der Waals surface area contributed by atoms with E-state index in [9.17, 15) is 34.2 Å². The summed E-state index contributed by atoms with van der Waals surface area (Å²) < 4.78 is 0. The van der Waals surface area contributed by atoms with Crippen molar-refractivity contribution >= 4 is 29.7 Å². The second-order valence-electron chi connectivity index (χ2n) is 8.27. The maximum Gasteiger partial charge on any atom is 0.326 e. The third kappa shape index (κ3) is 6.39. The van der Waals surface area contributed by atoms with E-state index in [-0.39, 0.29) is 6.54 Å². The van der Waals surface area contributed by atoms with Gasteiger partial charge >= 0.3 is 11.9 Å². The predicted octanol–water partition coefficient (Wildman–Crippen LogP) is -1.53. The minimum atomic E-state index is -1.37. The van der Waals surface area contributed by atoms with E-state index in [1.54, 1.807) is 0 Å². The number of hydrogen-bond acceptors (Lipinski definition) is 7. The first-order valence-electron chi connectivity index (χ1n) is 11.0. The zero-order chi connectivity index (χ0) is 23.8. The Balaban J connectivity index is 2.10. The topological polar surface area (TPSA) is 196 Å². The number of unbranched alkanes of at least 4 members (excludes halogenated alkanes) is 1. The number of carbonyl (C=O) groups excluding carboxylic acids is 3. The Kier molecular flexibility index (Phi) is 9.39. The van der Waals surface area contributed by atoms with E-state index in [1.807, 2.05) is 0 Å². The maximum absolute atomic E-state index is 13.1. The van der Waals surface area contributed by atoms with Gasteiger partial charge in [-0.05, 0) is 45.1 Å². The standard InChI is InChI=1S/C20H33N5O7/c21-8-2-1-5-12(22)17(28)23-13(11-16(26)27)18(29)24-9-3-6-14(24)19(30)25-10-4-7-15(25)20(31)32/h12-15H,1-11,21-22H2,(H,23,28)(H,26,27)(H,31,32). The fraction of sp³-hybridized carbons (Fsp3) is 0.750. The lowest BCUT2D eigenvalue weighted by molar-refractivity contribution is -0.153. The van der Waals surface area contributed by atoms with Crippen LogP contribution < -0.4 is 16.8 Å². The summed E-state index contributed by atoms with van der Waals surface area (Å²) >= 11 is 0. The number of carboxylic acids is 2. The maximum atomic E-state index is 13.1. The Hall–Kier alpha value is -2.73. The molecule has 32 heavy (non-hydrogen) atoms. The third-order valence-corrected chi connectivity index (χ3v) is 5.94. The molecule has 0 aliphatic carbocycles. The van der Waals surface area contributed by atoms with Gasteiger partial charge in [-0.1, -0.05) is 6.42 Å². The molecule has 0 bridgehead atoms. The van der Waals surface area contributed by atoms with Gasteiger partial charge in [0.2, 0.25) is 17.7 Å². The van der Waals surface area contributed by atoms with Crippen LogP contribution in [0, 0.1) is 0 Å². The van der Waals surface area contributed by atoms with Gasteiger partial charge in [0.25, 0.3) is 0 Å². The molecule has 12 heteroatoms. The molecule has 180 valence electrons. The van der Waals surface area contributed by atoms with E-state index in [0.29, 0.717) is 58.0 Å². The van der Waals surface area contributed by atoms with Gasteiger partial charge < -0.3 is 36.8 Å². The molecular weight excluding hydrogens is 422 g/mol. The summed E-state index contributed by atoms with van der Waals surface area (Å²) in [4.78, 5) is 63.9. The average Bonchev–Trinajstić information content (AvgIpc) is 3.41. The number of rotatable bonds is 11. The second kappa shape index (κ2) is 11.8. The number of nitrogens with zero attached hydrogens (tertiary/aromatic N) is 2. The summed E-state index contributed by atoms with van der Waals surface area (Å²) in [7, 11) is 0. The molecule has 2 rings (SSSR count). The van der Waals surface area contributed by atoms with Crippen LogP contribution in [0.4, 0.5) is 0 Å². The molecule has 2 heterocycles. The molecule has 0 radical (unpaired) electrons. The minimum Gasteiger partial charge on any atom is -0.481 e. The van der Waals surface area contributed by atoms with E-state index in [4.69, 9.17) is 11.5 Å². The lowest BCUT2D eigenvalue weighted by Gasteiger charge is -2.32. The Morgan fingerprint density at radius 1 is 0.969 bits per heavy atom. The molecule has 7 N–H and O–H groups in total. The Labute approximate surface area is 186 Å². The molecule has 0 spiro atoms. The van der Waals surface area contributed by atoms with Crippen LogP contribution in [0.2, 0.25) is 0 Å². The molecule has 4 unspecified atom stereocenters. The highest BCUT2D eigenvalue weighted by Gasteiger charge is 2.43. The molecule has 3 amide bonds. The fourth-order valence-electron chi connectivity index (χ4n) is 4.26. The molecule has 0 aromatic carbocycles. The third-order valence-electron chi connectivity index (χ3n) is 5.94. The lowest BCUT2D eigenvalue weighted by atomic mass is 10.1. The quantitative estimate of drug-likeness (QED) is 0.229. The van der Waals surface area contributed by atoms with Gasteiger partial charge in [-0.3, -0.25) is 19.2 Å². The van der Waals surface area contributed by atoms with Crippen molar-refractivity contribution in [3.63, 3.8) is 0 Å². The zero-order valence-corrected chi connectivity index (χ0v) is 18.1. The van der Waals surface area contributed by atoms with Crippen molar-refractivity contribution < 1.29 is 34.2 Å². The van der Waals surface area contributed by atoms with Gasteiger partial charge in [0.15, 0.2) is 0 Å². The molecular formula is C20H33N5O7. The summed E-state index contributed by atoms with van der Waals surface area (Å²) in [6.45, 7) is 0.967. The van der Waals surface area contributed by atoms with E-state index >= 15 is 0 Å². The van der Waals surface area contributed by atoms with E-state index in [0.717, 1.165) is 0 Å². The van der Waals surface area contributed by atoms with E-state index in [2.05, 4.69) is 5.32 Å². The van der Waals surface area contributed by atoms with Crippen LogP contribution in [0.1, 0.15) is 51.4 Å². The number of carboxylic acid groups (broad SMARTS) is 2. The second-order valence-corrected chi connectivity index (χ2v) is 8.27. The van der Waals surface area contributed by atoms with Gasteiger partial charge in [0.05, 0.1) is 12.5 Å². The molecule has 2 aliphatic rings. The van der Waals surface area contributed by atoms with Crippen molar-refractivity contribution in [1.82, 2.24) is 15.1 Å². The molecule has 4 atom stereocenters. The Morgan fingerprint density at radius 3 is 2.19 bits per heavy atom. The van der Waals surface area contributed by atoms with E-state index < -0.39 is 60.2 Å². The molecule has 2 aliphatic heterocycles. The van der Waals surface area contributed by atoms with Crippen LogP contribution in [0.3, 0.4) is 0 Å². The highest BCUT2D eigenvalue weighted by molar-refractivity contribution is 5.96. The predicted molar refractivity (Wildman–Crippen MR) is 112 cm³/mol. The number of carbonyl (C=O) groups is 5. The summed E-state index contributed by atoms with van der Waals surface area (Å²) in [5.74, 6) is -4.16. The number of amides is 3. The monoisotopic (exact) mass is 455 g/mol. The van der Waals surface area contributed by atoms with Crippen molar-refractivity contribution in [2.24, 2.45) is 11.5 Å². The van der Waals surface area contributed by atoms with Crippen molar-refractivity contribution in [3.05, 3.63) is 0 Å². The van der Waals surface area contributed by atoms with Crippen LogP contribution in [-0.2, 0) is 24.0 Å². The van der Waals surface area contributed by atoms with Crippen molar-refractivity contribution in [2.45, 2.75) is 75.5 Å². The highest BCUT2D eigenvalue weighted by atomic mass is 16.4. The largest absolute Gasteiger partial charge is 0.481 e. The summed E-state index contributed by atoms with van der Waals surface area (Å²) in [6, 6.07) is -4.10. The summed E-state index contributed by atoms with van der Waals surface area (Å²) in [5.41, 5.74) is 11.3. The average molecular weight is 456 g/mol. The number of nitrogens with two attached hydrogens (primary N) is 2. The van der Waals surface area contributed by atoms with Gasteiger partial charge in [-0.25, -0.2) is 4.79 Å². The first-order chi connectivity index (χ1) is 15.2. The highest BCUT2D eigenvalue weighted by Crippen LogP contribution is 2.25. The molecule has 0 saturated carbocycles. The Morgan fingerprint density at radius 2 is 1.59 bits per heavy atom. The molecule has 0 aromatic heterocycles. The van der Waals surface area contributed by atoms with Crippen molar-refractivity contribution in [1.29, 1.82) is 0 Å². The number of hydrogen-bond donors (Lipinski definition) is 5. The lowest BCUT2D eigenvalue weighted by Crippen LogP contribution is -2.57. The first-order valence-corrected chi connectivity index (χ1v) is 11.0. The Bertz CT molecular complexity index is 731. The normalized spacial score (nSPS) is 22.4.